The van der Waals surface area contributed by atoms with Crippen molar-refractivity contribution in [1.29, 1.82) is 0 Å². The lowest BCUT2D eigenvalue weighted by Gasteiger charge is -2.16. The molecule has 2 aromatic heterocycles. The molecule has 1 amide bonds. The number of aromatic nitrogens is 3. The second-order valence-electron chi connectivity index (χ2n) is 6.09. The second kappa shape index (κ2) is 5.91. The van der Waals surface area contributed by atoms with Crippen LogP contribution in [0.3, 0.4) is 0 Å². The van der Waals surface area contributed by atoms with E-state index >= 15 is 0 Å². The predicted molar refractivity (Wildman–Crippen MR) is 90.1 cm³/mol. The number of benzene rings is 1. The SMILES string of the molecule is CCc1nc2c(F)cc(C(F)(F)F)c(-c3cc(Cl)c4c(c3)CC(=O)N4)n2n1. The summed E-state index contributed by atoms with van der Waals surface area (Å²) >= 11 is 6.16. The van der Waals surface area contributed by atoms with Gasteiger partial charge < -0.3 is 5.32 Å². The number of aryl methyl sites for hydroxylation is 1. The molecule has 0 bridgehead atoms. The summed E-state index contributed by atoms with van der Waals surface area (Å²) in [4.78, 5) is 15.6. The molecule has 1 aliphatic heterocycles. The molecule has 3 heterocycles. The number of amides is 1. The van der Waals surface area contributed by atoms with Gasteiger partial charge in [-0.05, 0) is 23.8 Å². The smallest absolute Gasteiger partial charge is 0.324 e. The fraction of sp³-hybridized carbons (Fsp3) is 0.235. The van der Waals surface area contributed by atoms with E-state index in [-0.39, 0.29) is 40.1 Å². The minimum atomic E-state index is -4.83. The molecule has 0 spiro atoms. The summed E-state index contributed by atoms with van der Waals surface area (Å²) in [6, 6.07) is 3.12. The number of carbonyl (C=O) groups excluding carboxylic acids is 1. The maximum Gasteiger partial charge on any atom is 0.418 e. The molecule has 140 valence electrons. The molecule has 0 aliphatic carbocycles. The van der Waals surface area contributed by atoms with Crippen LogP contribution in [-0.4, -0.2) is 20.5 Å². The monoisotopic (exact) mass is 398 g/mol. The third-order valence-electron chi connectivity index (χ3n) is 4.29. The molecular weight excluding hydrogens is 388 g/mol. The summed E-state index contributed by atoms with van der Waals surface area (Å²) in [5, 5.41) is 6.67. The number of alkyl halides is 3. The highest BCUT2D eigenvalue weighted by atomic mass is 35.5. The topological polar surface area (TPSA) is 59.3 Å². The number of halogens is 5. The molecule has 3 aromatic rings. The summed E-state index contributed by atoms with van der Waals surface area (Å²) < 4.78 is 56.0. The van der Waals surface area contributed by atoms with Gasteiger partial charge in [0.1, 0.15) is 0 Å². The van der Waals surface area contributed by atoms with E-state index in [2.05, 4.69) is 15.4 Å². The highest BCUT2D eigenvalue weighted by molar-refractivity contribution is 6.34. The molecule has 0 radical (unpaired) electrons. The van der Waals surface area contributed by atoms with Gasteiger partial charge in [-0.3, -0.25) is 4.79 Å². The number of anilines is 1. The summed E-state index contributed by atoms with van der Waals surface area (Å²) in [6.07, 6.45) is -4.51. The number of hydrogen-bond donors (Lipinski definition) is 1. The van der Waals surface area contributed by atoms with E-state index in [0.29, 0.717) is 23.7 Å². The van der Waals surface area contributed by atoms with Gasteiger partial charge in [-0.15, -0.1) is 0 Å². The van der Waals surface area contributed by atoms with Crippen molar-refractivity contribution >= 4 is 28.8 Å². The zero-order valence-electron chi connectivity index (χ0n) is 13.8. The van der Waals surface area contributed by atoms with Crippen LogP contribution in [0.1, 0.15) is 23.9 Å². The Labute approximate surface area is 155 Å². The van der Waals surface area contributed by atoms with Crippen molar-refractivity contribution in [2.45, 2.75) is 25.9 Å². The minimum Gasteiger partial charge on any atom is -0.324 e. The van der Waals surface area contributed by atoms with Crippen LogP contribution in [0.25, 0.3) is 16.9 Å². The van der Waals surface area contributed by atoms with Gasteiger partial charge in [0.2, 0.25) is 5.91 Å². The lowest BCUT2D eigenvalue weighted by Crippen LogP contribution is -2.12. The van der Waals surface area contributed by atoms with Gasteiger partial charge in [0.05, 0.1) is 28.4 Å². The first-order valence-corrected chi connectivity index (χ1v) is 8.34. The van der Waals surface area contributed by atoms with E-state index in [4.69, 9.17) is 11.6 Å². The van der Waals surface area contributed by atoms with Crippen molar-refractivity contribution in [2.75, 3.05) is 5.32 Å². The number of nitrogens with one attached hydrogen (secondary N) is 1. The Bertz CT molecular complexity index is 1110. The fourth-order valence-electron chi connectivity index (χ4n) is 3.12. The second-order valence-corrected chi connectivity index (χ2v) is 6.49. The molecule has 27 heavy (non-hydrogen) atoms. The average Bonchev–Trinajstić information content (AvgIpc) is 3.17. The number of pyridine rings is 1. The van der Waals surface area contributed by atoms with Crippen LogP contribution >= 0.6 is 11.6 Å². The van der Waals surface area contributed by atoms with E-state index in [1.807, 2.05) is 0 Å². The maximum absolute atomic E-state index is 14.3. The Hall–Kier alpha value is -2.68. The van der Waals surface area contributed by atoms with Gasteiger partial charge in [0.25, 0.3) is 0 Å². The Morgan fingerprint density at radius 1 is 1.30 bits per heavy atom. The summed E-state index contributed by atoms with van der Waals surface area (Å²) in [5.74, 6) is -1.22. The number of fused-ring (bicyclic) bond motifs is 2. The number of carbonyl (C=O) groups is 1. The van der Waals surface area contributed by atoms with Crippen LogP contribution in [0.2, 0.25) is 5.02 Å². The van der Waals surface area contributed by atoms with E-state index in [1.54, 1.807) is 6.92 Å². The first-order chi connectivity index (χ1) is 12.7. The fourth-order valence-corrected chi connectivity index (χ4v) is 3.41. The standard InChI is InChI=1S/C17H11ClF4N4O/c1-2-12-23-16-11(19)6-9(17(20,21)22)15(26(16)25-12)8-3-7-5-13(27)24-14(7)10(18)4-8/h3-4,6H,2,5H2,1H3,(H,24,27). The Kier molecular flexibility index (Phi) is 3.88. The number of rotatable bonds is 2. The van der Waals surface area contributed by atoms with Crippen molar-refractivity contribution < 1.29 is 22.4 Å². The van der Waals surface area contributed by atoms with Crippen LogP contribution in [0, 0.1) is 5.82 Å². The van der Waals surface area contributed by atoms with Crippen LogP contribution < -0.4 is 5.32 Å². The van der Waals surface area contributed by atoms with Crippen LogP contribution in [0.15, 0.2) is 18.2 Å². The van der Waals surface area contributed by atoms with Crippen molar-refractivity contribution in [3.8, 4) is 11.3 Å². The average molecular weight is 399 g/mol. The number of nitrogens with zero attached hydrogens (tertiary/aromatic N) is 3. The molecule has 0 saturated carbocycles. The Morgan fingerprint density at radius 2 is 2.04 bits per heavy atom. The molecule has 1 aliphatic rings. The first-order valence-electron chi connectivity index (χ1n) is 7.97. The van der Waals surface area contributed by atoms with Crippen molar-refractivity contribution in [3.63, 3.8) is 0 Å². The third-order valence-corrected chi connectivity index (χ3v) is 4.58. The van der Waals surface area contributed by atoms with Crippen LogP contribution in [-0.2, 0) is 23.8 Å². The summed E-state index contributed by atoms with van der Waals surface area (Å²) in [6.45, 7) is 1.71. The van der Waals surface area contributed by atoms with Gasteiger partial charge in [0.15, 0.2) is 17.3 Å². The predicted octanol–water partition coefficient (Wildman–Crippen LogP) is 4.26. The van der Waals surface area contributed by atoms with E-state index in [0.717, 1.165) is 4.52 Å². The van der Waals surface area contributed by atoms with E-state index in [9.17, 15) is 22.4 Å². The van der Waals surface area contributed by atoms with Gasteiger partial charge in [0, 0.05) is 12.0 Å². The van der Waals surface area contributed by atoms with Crippen molar-refractivity contribution in [2.24, 2.45) is 0 Å². The molecule has 0 atom stereocenters. The zero-order valence-corrected chi connectivity index (χ0v) is 14.5. The third kappa shape index (κ3) is 2.82. The highest BCUT2D eigenvalue weighted by Crippen LogP contribution is 2.41. The van der Waals surface area contributed by atoms with Crippen molar-refractivity contribution in [1.82, 2.24) is 14.6 Å². The molecular formula is C17H11ClF4N4O. The van der Waals surface area contributed by atoms with Crippen LogP contribution in [0.5, 0.6) is 0 Å². The molecule has 1 N–H and O–H groups in total. The van der Waals surface area contributed by atoms with Gasteiger partial charge >= 0.3 is 6.18 Å². The quantitative estimate of drug-likeness (QED) is 0.656. The Morgan fingerprint density at radius 3 is 2.70 bits per heavy atom. The largest absolute Gasteiger partial charge is 0.418 e. The summed E-state index contributed by atoms with van der Waals surface area (Å²) in [7, 11) is 0. The molecule has 10 heteroatoms. The number of hydrogen-bond acceptors (Lipinski definition) is 3. The van der Waals surface area contributed by atoms with Crippen LogP contribution in [0.4, 0.5) is 23.2 Å². The molecule has 0 saturated heterocycles. The first kappa shape index (κ1) is 17.7. The van der Waals surface area contributed by atoms with Crippen molar-refractivity contribution in [3.05, 3.63) is 46.0 Å². The molecule has 0 fully saturated rings. The van der Waals surface area contributed by atoms with Gasteiger partial charge in [-0.2, -0.15) is 18.3 Å². The maximum atomic E-state index is 14.3. The normalized spacial score (nSPS) is 13.9. The molecule has 5 nitrogen and oxygen atoms in total. The summed E-state index contributed by atoms with van der Waals surface area (Å²) in [5.41, 5.74) is -0.988. The van der Waals surface area contributed by atoms with Gasteiger partial charge in [-0.25, -0.2) is 13.9 Å². The van der Waals surface area contributed by atoms with E-state index in [1.165, 1.54) is 12.1 Å². The van der Waals surface area contributed by atoms with E-state index < -0.39 is 17.6 Å². The molecule has 1 aromatic carbocycles. The van der Waals surface area contributed by atoms with Gasteiger partial charge in [-0.1, -0.05) is 18.5 Å². The Balaban J connectivity index is 2.08. The highest BCUT2D eigenvalue weighted by Gasteiger charge is 2.37. The molecule has 4 rings (SSSR count). The minimum absolute atomic E-state index is 0.00779. The lowest BCUT2D eigenvalue weighted by molar-refractivity contribution is -0.137. The zero-order chi connectivity index (χ0) is 19.5. The lowest BCUT2D eigenvalue weighted by atomic mass is 10.0. The molecule has 0 unspecified atom stereocenters.